The molecule has 3 nitrogen and oxygen atoms in total. The highest BCUT2D eigenvalue weighted by molar-refractivity contribution is 5.81. The quantitative estimate of drug-likeness (QED) is 0.406. The Bertz CT molecular complexity index is 796. The van der Waals surface area contributed by atoms with Gasteiger partial charge in [-0.3, -0.25) is 4.79 Å². The fraction of sp³-hybridized carbons (Fsp3) is 0.900. The van der Waals surface area contributed by atoms with Gasteiger partial charge in [0, 0.05) is 0 Å². The lowest BCUT2D eigenvalue weighted by Crippen LogP contribution is -2.60. The highest BCUT2D eigenvalue weighted by Crippen LogP contribution is 2.73. The summed E-state index contributed by atoms with van der Waals surface area (Å²) in [6, 6.07) is 0. The van der Waals surface area contributed by atoms with Crippen LogP contribution in [-0.2, 0) is 4.79 Å². The minimum absolute atomic E-state index is 0.0948. The SMILES string of the molecule is CC(C)CCCC(C)C1CCC2(C(=O)O)C3=CCC4C(C)(C)C(O)CCC4(C)C3CCC12C. The van der Waals surface area contributed by atoms with Crippen LogP contribution in [0, 0.1) is 51.2 Å². The second-order valence-corrected chi connectivity index (χ2v) is 14.0. The standard InChI is InChI=1S/C30H50O3/c1-19(2)9-8-10-20(3)21-14-18-30(26(32)33)23-11-12-24-27(4,5)25(31)15-16-28(24,6)22(23)13-17-29(21,30)7/h11,19-22,24-25,31H,8-10,12-18H2,1-7H3,(H,32,33). The van der Waals surface area contributed by atoms with E-state index in [2.05, 4.69) is 54.5 Å². The molecule has 0 amide bonds. The molecule has 3 saturated carbocycles. The molecule has 4 rings (SSSR count). The molecule has 188 valence electrons. The number of hydrogen-bond acceptors (Lipinski definition) is 2. The zero-order valence-corrected chi connectivity index (χ0v) is 22.4. The number of carbonyl (C=O) groups is 1. The van der Waals surface area contributed by atoms with Crippen LogP contribution in [-0.4, -0.2) is 22.3 Å². The van der Waals surface area contributed by atoms with Gasteiger partial charge in [0.1, 0.15) is 0 Å². The van der Waals surface area contributed by atoms with Crippen LogP contribution in [0.4, 0.5) is 0 Å². The first kappa shape index (κ1) is 25.3. The van der Waals surface area contributed by atoms with Crippen molar-refractivity contribution in [2.75, 3.05) is 0 Å². The van der Waals surface area contributed by atoms with Crippen LogP contribution in [0.2, 0.25) is 0 Å². The normalized spacial score (nSPS) is 45.1. The number of aliphatic hydroxyl groups excluding tert-OH is 1. The van der Waals surface area contributed by atoms with E-state index in [1.807, 2.05) is 0 Å². The molecule has 4 aliphatic carbocycles. The summed E-state index contributed by atoms with van der Waals surface area (Å²) >= 11 is 0. The molecular weight excluding hydrogens is 408 g/mol. The topological polar surface area (TPSA) is 57.5 Å². The van der Waals surface area contributed by atoms with Crippen molar-refractivity contribution >= 4 is 5.97 Å². The molecular formula is C30H50O3. The van der Waals surface area contributed by atoms with E-state index in [0.29, 0.717) is 23.7 Å². The molecule has 0 aliphatic heterocycles. The van der Waals surface area contributed by atoms with E-state index >= 15 is 0 Å². The van der Waals surface area contributed by atoms with E-state index in [1.54, 1.807) is 0 Å². The Hall–Kier alpha value is -0.830. The number of rotatable bonds is 6. The van der Waals surface area contributed by atoms with Gasteiger partial charge >= 0.3 is 5.97 Å². The smallest absolute Gasteiger partial charge is 0.314 e. The van der Waals surface area contributed by atoms with E-state index in [0.717, 1.165) is 50.9 Å². The zero-order valence-electron chi connectivity index (χ0n) is 22.4. The number of aliphatic carboxylic acids is 1. The van der Waals surface area contributed by atoms with E-state index < -0.39 is 11.4 Å². The third kappa shape index (κ3) is 3.49. The van der Waals surface area contributed by atoms with Crippen molar-refractivity contribution in [3.8, 4) is 0 Å². The van der Waals surface area contributed by atoms with Crippen molar-refractivity contribution in [3.05, 3.63) is 11.6 Å². The van der Waals surface area contributed by atoms with Gasteiger partial charge in [-0.1, -0.05) is 79.4 Å². The molecule has 0 heterocycles. The largest absolute Gasteiger partial charge is 0.481 e. The predicted molar refractivity (Wildman–Crippen MR) is 135 cm³/mol. The second-order valence-electron chi connectivity index (χ2n) is 14.0. The maximum absolute atomic E-state index is 13.3. The Morgan fingerprint density at radius 2 is 1.73 bits per heavy atom. The van der Waals surface area contributed by atoms with Gasteiger partial charge in [-0.15, -0.1) is 0 Å². The highest BCUT2D eigenvalue weighted by Gasteiger charge is 2.69. The molecule has 0 aromatic rings. The van der Waals surface area contributed by atoms with Crippen LogP contribution in [0.25, 0.3) is 0 Å². The predicted octanol–water partition coefficient (Wildman–Crippen LogP) is 7.48. The van der Waals surface area contributed by atoms with Gasteiger partial charge < -0.3 is 10.2 Å². The van der Waals surface area contributed by atoms with Crippen LogP contribution in [0.3, 0.4) is 0 Å². The lowest BCUT2D eigenvalue weighted by atomic mass is 9.40. The number of hydrogen-bond donors (Lipinski definition) is 2. The third-order valence-electron chi connectivity index (χ3n) is 11.8. The average molecular weight is 459 g/mol. The summed E-state index contributed by atoms with van der Waals surface area (Å²) < 4.78 is 0. The average Bonchev–Trinajstić information content (AvgIpc) is 3.05. The molecule has 4 aliphatic rings. The molecule has 2 N–H and O–H groups in total. The first-order chi connectivity index (χ1) is 15.3. The van der Waals surface area contributed by atoms with Crippen LogP contribution in [0.1, 0.15) is 113 Å². The maximum atomic E-state index is 13.3. The van der Waals surface area contributed by atoms with Crippen LogP contribution < -0.4 is 0 Å². The first-order valence-corrected chi connectivity index (χ1v) is 13.9. The second kappa shape index (κ2) is 8.38. The van der Waals surface area contributed by atoms with E-state index in [-0.39, 0.29) is 22.3 Å². The maximum Gasteiger partial charge on any atom is 0.314 e. The van der Waals surface area contributed by atoms with Crippen molar-refractivity contribution in [1.29, 1.82) is 0 Å². The van der Waals surface area contributed by atoms with Crippen LogP contribution >= 0.6 is 0 Å². The fourth-order valence-electron chi connectivity index (χ4n) is 9.81. The zero-order chi connectivity index (χ0) is 24.4. The van der Waals surface area contributed by atoms with Gasteiger partial charge in [0.25, 0.3) is 0 Å². The minimum Gasteiger partial charge on any atom is -0.481 e. The van der Waals surface area contributed by atoms with Crippen LogP contribution in [0.15, 0.2) is 11.6 Å². The van der Waals surface area contributed by atoms with E-state index in [4.69, 9.17) is 0 Å². The Kier molecular flexibility index (Phi) is 6.42. The Labute approximate surface area is 202 Å². The van der Waals surface area contributed by atoms with Crippen molar-refractivity contribution < 1.29 is 15.0 Å². The van der Waals surface area contributed by atoms with Crippen molar-refractivity contribution in [2.24, 2.45) is 51.2 Å². The summed E-state index contributed by atoms with van der Waals surface area (Å²) in [5, 5.41) is 21.7. The molecule has 0 aromatic heterocycles. The van der Waals surface area contributed by atoms with Gasteiger partial charge in [0.2, 0.25) is 0 Å². The van der Waals surface area contributed by atoms with Gasteiger partial charge in [0.05, 0.1) is 11.5 Å². The minimum atomic E-state index is -0.693. The molecule has 8 unspecified atom stereocenters. The summed E-state index contributed by atoms with van der Waals surface area (Å²) in [5.41, 5.74) is 0.422. The first-order valence-electron chi connectivity index (χ1n) is 13.9. The molecule has 0 radical (unpaired) electrons. The number of carboxylic acid groups (broad SMARTS) is 1. The van der Waals surface area contributed by atoms with Gasteiger partial charge in [-0.25, -0.2) is 0 Å². The highest BCUT2D eigenvalue weighted by atomic mass is 16.4. The number of carboxylic acids is 1. The molecule has 0 spiro atoms. The van der Waals surface area contributed by atoms with Crippen LogP contribution in [0.5, 0.6) is 0 Å². The van der Waals surface area contributed by atoms with Crippen molar-refractivity contribution in [2.45, 2.75) is 119 Å². The summed E-state index contributed by atoms with van der Waals surface area (Å²) in [6.45, 7) is 16.3. The summed E-state index contributed by atoms with van der Waals surface area (Å²) in [4.78, 5) is 13.3. The van der Waals surface area contributed by atoms with E-state index in [9.17, 15) is 15.0 Å². The Morgan fingerprint density at radius 3 is 2.36 bits per heavy atom. The van der Waals surface area contributed by atoms with Gasteiger partial charge in [0.15, 0.2) is 0 Å². The van der Waals surface area contributed by atoms with E-state index in [1.165, 1.54) is 24.8 Å². The Morgan fingerprint density at radius 1 is 1.03 bits per heavy atom. The number of allylic oxidation sites excluding steroid dienone is 1. The fourth-order valence-corrected chi connectivity index (χ4v) is 9.81. The monoisotopic (exact) mass is 458 g/mol. The van der Waals surface area contributed by atoms with Crippen molar-refractivity contribution in [3.63, 3.8) is 0 Å². The number of fused-ring (bicyclic) bond motifs is 5. The Balaban J connectivity index is 1.69. The lowest BCUT2D eigenvalue weighted by Gasteiger charge is -2.63. The lowest BCUT2D eigenvalue weighted by molar-refractivity contribution is -0.165. The number of aliphatic hydroxyl groups is 1. The van der Waals surface area contributed by atoms with Gasteiger partial charge in [-0.05, 0) is 90.8 Å². The summed E-state index contributed by atoms with van der Waals surface area (Å²) in [7, 11) is 0. The summed E-state index contributed by atoms with van der Waals surface area (Å²) in [5.74, 6) is 2.03. The molecule has 0 bridgehead atoms. The molecule has 0 saturated heterocycles. The molecule has 8 atom stereocenters. The third-order valence-corrected chi connectivity index (χ3v) is 11.8. The molecule has 33 heavy (non-hydrogen) atoms. The molecule has 3 fully saturated rings. The molecule has 0 aromatic carbocycles. The van der Waals surface area contributed by atoms with Gasteiger partial charge in [-0.2, -0.15) is 0 Å². The summed E-state index contributed by atoms with van der Waals surface area (Å²) in [6.07, 6.45) is 12.7. The van der Waals surface area contributed by atoms with Crippen molar-refractivity contribution in [1.82, 2.24) is 0 Å². The molecule has 3 heteroatoms.